The normalized spacial score (nSPS) is 17.2. The summed E-state index contributed by atoms with van der Waals surface area (Å²) in [5.74, 6) is 0.859. The number of nitro benzene ring substituents is 1. The van der Waals surface area contributed by atoms with Gasteiger partial charge in [0.05, 0.1) is 16.0 Å². The molecular formula is C20H20N4O3. The molecule has 0 unspecified atom stereocenters. The number of nitro groups is 1. The Bertz CT molecular complexity index is 994. The zero-order valence-corrected chi connectivity index (χ0v) is 15.0. The molecule has 1 aliphatic rings. The van der Waals surface area contributed by atoms with Gasteiger partial charge < -0.3 is 9.88 Å². The van der Waals surface area contributed by atoms with E-state index in [-0.39, 0.29) is 17.5 Å². The average Bonchev–Trinajstić information content (AvgIpc) is 3.12. The second-order valence-corrected chi connectivity index (χ2v) is 6.99. The molecule has 1 atom stereocenters. The van der Waals surface area contributed by atoms with E-state index in [9.17, 15) is 14.9 Å². The Balaban J connectivity index is 1.56. The highest BCUT2D eigenvalue weighted by molar-refractivity contribution is 5.95. The predicted octanol–water partition coefficient (Wildman–Crippen LogP) is 3.80. The van der Waals surface area contributed by atoms with Crippen molar-refractivity contribution in [3.05, 3.63) is 69.5 Å². The molecule has 0 saturated carbocycles. The van der Waals surface area contributed by atoms with Crippen LogP contribution in [0.4, 0.5) is 5.69 Å². The van der Waals surface area contributed by atoms with Crippen LogP contribution in [0.15, 0.2) is 42.5 Å². The Labute approximate surface area is 156 Å². The molecule has 0 radical (unpaired) electrons. The Hall–Kier alpha value is -3.22. The van der Waals surface area contributed by atoms with Crippen LogP contribution in [0, 0.1) is 17.0 Å². The monoisotopic (exact) mass is 364 g/mol. The van der Waals surface area contributed by atoms with Crippen molar-refractivity contribution in [2.45, 2.75) is 25.7 Å². The minimum Gasteiger partial charge on any atom is -0.342 e. The average molecular weight is 364 g/mol. The van der Waals surface area contributed by atoms with E-state index in [0.29, 0.717) is 24.2 Å². The van der Waals surface area contributed by atoms with E-state index in [2.05, 4.69) is 9.97 Å². The number of hydrogen-bond acceptors (Lipinski definition) is 4. The number of aromatic nitrogens is 2. The summed E-state index contributed by atoms with van der Waals surface area (Å²) in [6.07, 6.45) is 1.83. The number of hydrogen-bond donors (Lipinski definition) is 1. The highest BCUT2D eigenvalue weighted by Gasteiger charge is 2.28. The molecule has 0 bridgehead atoms. The van der Waals surface area contributed by atoms with Crippen molar-refractivity contribution < 1.29 is 9.72 Å². The summed E-state index contributed by atoms with van der Waals surface area (Å²) < 4.78 is 0. The lowest BCUT2D eigenvalue weighted by atomic mass is 9.96. The predicted molar refractivity (Wildman–Crippen MR) is 102 cm³/mol. The van der Waals surface area contributed by atoms with Crippen molar-refractivity contribution in [2.75, 3.05) is 13.1 Å². The van der Waals surface area contributed by atoms with Gasteiger partial charge in [-0.2, -0.15) is 0 Å². The SMILES string of the molecule is Cc1ccc(C(=O)N2CCC[C@@H](c3nc4ccccc4[nH]3)C2)cc1[N+](=O)[O-]. The van der Waals surface area contributed by atoms with E-state index in [1.807, 2.05) is 24.3 Å². The Kier molecular flexibility index (Phi) is 4.35. The van der Waals surface area contributed by atoms with Gasteiger partial charge in [-0.1, -0.05) is 18.2 Å². The molecule has 1 fully saturated rings. The van der Waals surface area contributed by atoms with E-state index in [1.54, 1.807) is 24.0 Å². The highest BCUT2D eigenvalue weighted by Crippen LogP contribution is 2.28. The Morgan fingerprint density at radius 3 is 2.89 bits per heavy atom. The summed E-state index contributed by atoms with van der Waals surface area (Å²) >= 11 is 0. The molecule has 0 spiro atoms. The number of carbonyl (C=O) groups is 1. The van der Waals surface area contributed by atoms with Crippen LogP contribution in [-0.2, 0) is 0 Å². The van der Waals surface area contributed by atoms with Gasteiger partial charge in [-0.15, -0.1) is 0 Å². The summed E-state index contributed by atoms with van der Waals surface area (Å²) in [4.78, 5) is 33.4. The molecule has 1 aromatic heterocycles. The third kappa shape index (κ3) is 3.28. The van der Waals surface area contributed by atoms with Crippen LogP contribution in [0.5, 0.6) is 0 Å². The minimum absolute atomic E-state index is 0.0216. The Morgan fingerprint density at radius 2 is 2.11 bits per heavy atom. The van der Waals surface area contributed by atoms with Gasteiger partial charge in [0.2, 0.25) is 0 Å². The summed E-state index contributed by atoms with van der Waals surface area (Å²) in [6, 6.07) is 12.5. The van der Waals surface area contributed by atoms with Gasteiger partial charge in [0.15, 0.2) is 0 Å². The zero-order chi connectivity index (χ0) is 19.0. The van der Waals surface area contributed by atoms with Crippen LogP contribution in [0.2, 0.25) is 0 Å². The first-order chi connectivity index (χ1) is 13.0. The van der Waals surface area contributed by atoms with Crippen LogP contribution >= 0.6 is 0 Å². The number of H-pyrrole nitrogens is 1. The summed E-state index contributed by atoms with van der Waals surface area (Å²) in [5, 5.41) is 11.2. The number of amides is 1. The maximum Gasteiger partial charge on any atom is 0.273 e. The van der Waals surface area contributed by atoms with Gasteiger partial charge in [0, 0.05) is 36.2 Å². The van der Waals surface area contributed by atoms with Crippen molar-refractivity contribution in [1.82, 2.24) is 14.9 Å². The number of aromatic amines is 1. The fraction of sp³-hybridized carbons (Fsp3) is 0.300. The second-order valence-electron chi connectivity index (χ2n) is 6.99. The molecule has 27 heavy (non-hydrogen) atoms. The molecule has 1 amide bonds. The van der Waals surface area contributed by atoms with Crippen molar-refractivity contribution in [2.24, 2.45) is 0 Å². The molecule has 3 aromatic rings. The number of benzene rings is 2. The molecule has 1 saturated heterocycles. The van der Waals surface area contributed by atoms with Crippen molar-refractivity contribution in [1.29, 1.82) is 0 Å². The van der Waals surface area contributed by atoms with Crippen LogP contribution in [0.3, 0.4) is 0 Å². The molecule has 2 aromatic carbocycles. The number of likely N-dealkylation sites (tertiary alicyclic amines) is 1. The quantitative estimate of drug-likeness (QED) is 0.565. The van der Waals surface area contributed by atoms with Gasteiger partial charge in [-0.25, -0.2) is 4.98 Å². The lowest BCUT2D eigenvalue weighted by Gasteiger charge is -2.32. The fourth-order valence-corrected chi connectivity index (χ4v) is 3.67. The number of aryl methyl sites for hydroxylation is 1. The topological polar surface area (TPSA) is 92.1 Å². The third-order valence-electron chi connectivity index (χ3n) is 5.16. The first-order valence-corrected chi connectivity index (χ1v) is 9.02. The van der Waals surface area contributed by atoms with Gasteiger partial charge >= 0.3 is 0 Å². The Morgan fingerprint density at radius 1 is 1.30 bits per heavy atom. The van der Waals surface area contributed by atoms with Gasteiger partial charge in [0.25, 0.3) is 11.6 Å². The number of nitrogens with zero attached hydrogens (tertiary/aromatic N) is 3. The lowest BCUT2D eigenvalue weighted by Crippen LogP contribution is -2.39. The van der Waals surface area contributed by atoms with Crippen LogP contribution in [0.1, 0.15) is 40.5 Å². The van der Waals surface area contributed by atoms with Gasteiger partial charge in [0.1, 0.15) is 5.82 Å². The summed E-state index contributed by atoms with van der Waals surface area (Å²) in [6.45, 7) is 2.88. The smallest absolute Gasteiger partial charge is 0.273 e. The molecule has 4 rings (SSSR count). The molecule has 7 nitrogen and oxygen atoms in total. The maximum absolute atomic E-state index is 12.9. The number of nitrogens with one attached hydrogen (secondary N) is 1. The summed E-state index contributed by atoms with van der Waals surface area (Å²) in [5.41, 5.74) is 2.80. The molecular weight excluding hydrogens is 344 g/mol. The molecule has 7 heteroatoms. The number of piperidine rings is 1. The van der Waals surface area contributed by atoms with Crippen LogP contribution in [0.25, 0.3) is 11.0 Å². The van der Waals surface area contributed by atoms with Crippen LogP contribution in [-0.4, -0.2) is 38.8 Å². The first kappa shape index (κ1) is 17.2. The number of para-hydroxylation sites is 2. The first-order valence-electron chi connectivity index (χ1n) is 9.02. The maximum atomic E-state index is 12.9. The van der Waals surface area contributed by atoms with E-state index >= 15 is 0 Å². The lowest BCUT2D eigenvalue weighted by molar-refractivity contribution is -0.385. The minimum atomic E-state index is -0.445. The van der Waals surface area contributed by atoms with Crippen molar-refractivity contribution in [3.8, 4) is 0 Å². The van der Waals surface area contributed by atoms with E-state index in [4.69, 9.17) is 0 Å². The van der Waals surface area contributed by atoms with Crippen LogP contribution < -0.4 is 0 Å². The summed E-state index contributed by atoms with van der Waals surface area (Å²) in [7, 11) is 0. The number of fused-ring (bicyclic) bond motifs is 1. The van der Waals surface area contributed by atoms with Crippen molar-refractivity contribution in [3.63, 3.8) is 0 Å². The standard InChI is InChI=1S/C20H20N4O3/c1-13-8-9-14(11-18(13)24(26)27)20(25)23-10-4-5-15(12-23)19-21-16-6-2-3-7-17(16)22-19/h2-3,6-9,11,15H,4-5,10,12H2,1H3,(H,21,22)/t15-/m1/s1. The number of imidazole rings is 1. The van der Waals surface area contributed by atoms with E-state index in [1.165, 1.54) is 6.07 Å². The van der Waals surface area contributed by atoms with Crippen molar-refractivity contribution >= 4 is 22.6 Å². The molecule has 1 N–H and O–H groups in total. The molecule has 1 aliphatic heterocycles. The number of rotatable bonds is 3. The van der Waals surface area contributed by atoms with Gasteiger partial charge in [-0.3, -0.25) is 14.9 Å². The zero-order valence-electron chi connectivity index (χ0n) is 15.0. The molecule has 138 valence electrons. The third-order valence-corrected chi connectivity index (χ3v) is 5.16. The van der Waals surface area contributed by atoms with Gasteiger partial charge in [-0.05, 0) is 38.0 Å². The van der Waals surface area contributed by atoms with E-state index < -0.39 is 4.92 Å². The molecule has 0 aliphatic carbocycles. The number of carbonyl (C=O) groups excluding carboxylic acids is 1. The fourth-order valence-electron chi connectivity index (χ4n) is 3.67. The second kappa shape index (κ2) is 6.83. The molecule has 2 heterocycles. The highest BCUT2D eigenvalue weighted by atomic mass is 16.6. The largest absolute Gasteiger partial charge is 0.342 e. The van der Waals surface area contributed by atoms with E-state index in [0.717, 1.165) is 29.7 Å².